The topological polar surface area (TPSA) is 12.9 Å². The summed E-state index contributed by atoms with van der Waals surface area (Å²) < 4.78 is 0. The molecule has 8 aromatic rings. The lowest BCUT2D eigenvalue weighted by Crippen LogP contribution is -1.88. The fourth-order valence-corrected chi connectivity index (χ4v) is 6.94. The lowest BCUT2D eigenvalue weighted by atomic mass is 9.90. The normalized spacial score (nSPS) is 11.6. The maximum absolute atomic E-state index is 4.75. The lowest BCUT2D eigenvalue weighted by Gasteiger charge is -2.14. The molecule has 0 N–H and O–H groups in total. The molecule has 0 unspecified atom stereocenters. The molecule has 0 amide bonds. The maximum Gasteiger partial charge on any atom is 0.0787 e. The summed E-state index contributed by atoms with van der Waals surface area (Å²) in [5, 5.41) is 5.13. The number of nitrogens with zero attached hydrogens (tertiary/aromatic N) is 1. The van der Waals surface area contributed by atoms with E-state index in [1.807, 2.05) is 12.3 Å². The molecule has 1 heterocycles. The third-order valence-corrected chi connectivity index (χ3v) is 9.07. The molecule has 0 saturated carbocycles. The van der Waals surface area contributed by atoms with Gasteiger partial charge in [0.1, 0.15) is 0 Å². The Morgan fingerprint density at radius 3 is 1.77 bits per heavy atom. The molecule has 0 atom stereocenters. The summed E-state index contributed by atoms with van der Waals surface area (Å²) in [6.45, 7) is 0. The van der Waals surface area contributed by atoms with Crippen LogP contribution in [0.2, 0.25) is 0 Å². The van der Waals surface area contributed by atoms with Crippen molar-refractivity contribution in [1.82, 2.24) is 4.98 Å². The molecule has 204 valence electrons. The second-order valence-corrected chi connectivity index (χ2v) is 11.6. The average Bonchev–Trinajstić information content (AvgIpc) is 3.43. The van der Waals surface area contributed by atoms with Gasteiger partial charge in [-0.1, -0.05) is 133 Å². The standard InChI is InChI=1S/C43H27N/c1-3-9-28(10-4-1)33-22-23-35(39(25-33)30-11-5-2-6-12-30)31-18-16-29(17-19-31)32-20-21-34-27-41-42-36(38-15-8-24-44-43(38)41)13-7-14-37(42)40(34)26-32/h1-27H. The van der Waals surface area contributed by atoms with Gasteiger partial charge in [-0.15, -0.1) is 0 Å². The van der Waals surface area contributed by atoms with Gasteiger partial charge in [-0.05, 0) is 95.9 Å². The van der Waals surface area contributed by atoms with Crippen molar-refractivity contribution in [3.63, 3.8) is 0 Å². The van der Waals surface area contributed by atoms with Crippen molar-refractivity contribution in [1.29, 1.82) is 0 Å². The van der Waals surface area contributed by atoms with Gasteiger partial charge in [-0.2, -0.15) is 0 Å². The quantitative estimate of drug-likeness (QED) is 0.196. The monoisotopic (exact) mass is 557 g/mol. The number of aromatic nitrogens is 1. The number of fused-ring (bicyclic) bond motifs is 5. The van der Waals surface area contributed by atoms with E-state index >= 15 is 0 Å². The van der Waals surface area contributed by atoms with E-state index in [0.29, 0.717) is 0 Å². The van der Waals surface area contributed by atoms with Crippen LogP contribution in [0, 0.1) is 0 Å². The molecule has 0 radical (unpaired) electrons. The van der Waals surface area contributed by atoms with Gasteiger partial charge in [0.25, 0.3) is 0 Å². The zero-order chi connectivity index (χ0) is 29.0. The molecule has 0 spiro atoms. The van der Waals surface area contributed by atoms with E-state index in [2.05, 4.69) is 152 Å². The van der Waals surface area contributed by atoms with Crippen LogP contribution in [0.15, 0.2) is 164 Å². The third kappa shape index (κ3) is 3.91. The van der Waals surface area contributed by atoms with Gasteiger partial charge in [-0.3, -0.25) is 4.98 Å². The SMILES string of the molecule is c1ccc(-c2ccc(-c3ccc(-c4ccc5cc6c7c(cccc7c5c4)-c4cccnc4-6)cc3)c(-c3ccccc3)c2)cc1. The van der Waals surface area contributed by atoms with Crippen LogP contribution in [-0.2, 0) is 0 Å². The minimum atomic E-state index is 1.09. The van der Waals surface area contributed by atoms with Crippen LogP contribution in [0.1, 0.15) is 0 Å². The highest BCUT2D eigenvalue weighted by molar-refractivity contribution is 6.23. The predicted molar refractivity (Wildman–Crippen MR) is 185 cm³/mol. The highest BCUT2D eigenvalue weighted by Crippen LogP contribution is 2.48. The van der Waals surface area contributed by atoms with Gasteiger partial charge >= 0.3 is 0 Å². The number of hydrogen-bond donors (Lipinski definition) is 0. The van der Waals surface area contributed by atoms with Crippen LogP contribution in [0.4, 0.5) is 0 Å². The lowest BCUT2D eigenvalue weighted by molar-refractivity contribution is 1.35. The molecule has 0 saturated heterocycles. The van der Waals surface area contributed by atoms with Crippen LogP contribution in [-0.4, -0.2) is 4.98 Å². The highest BCUT2D eigenvalue weighted by atomic mass is 14.7. The van der Waals surface area contributed by atoms with Crippen molar-refractivity contribution in [2.24, 2.45) is 0 Å². The van der Waals surface area contributed by atoms with Crippen LogP contribution in [0.3, 0.4) is 0 Å². The van der Waals surface area contributed by atoms with E-state index in [-0.39, 0.29) is 0 Å². The Hall–Kier alpha value is -5.79. The van der Waals surface area contributed by atoms with Gasteiger partial charge in [0, 0.05) is 17.3 Å². The smallest absolute Gasteiger partial charge is 0.0787 e. The maximum atomic E-state index is 4.75. The van der Waals surface area contributed by atoms with Gasteiger partial charge < -0.3 is 0 Å². The molecule has 0 fully saturated rings. The molecule has 1 heteroatoms. The average molecular weight is 558 g/mol. The Morgan fingerprint density at radius 1 is 0.318 bits per heavy atom. The van der Waals surface area contributed by atoms with Crippen LogP contribution in [0.5, 0.6) is 0 Å². The minimum Gasteiger partial charge on any atom is -0.256 e. The Bertz CT molecular complexity index is 2350. The molecule has 1 nitrogen and oxygen atoms in total. The first-order valence-electron chi connectivity index (χ1n) is 15.1. The van der Waals surface area contributed by atoms with E-state index in [9.17, 15) is 0 Å². The predicted octanol–water partition coefficient (Wildman–Crippen LogP) is 11.7. The molecule has 0 aliphatic heterocycles. The number of hydrogen-bond acceptors (Lipinski definition) is 1. The number of benzene rings is 7. The number of rotatable bonds is 4. The van der Waals surface area contributed by atoms with Gasteiger partial charge in [0.05, 0.1) is 5.69 Å². The second-order valence-electron chi connectivity index (χ2n) is 11.6. The van der Waals surface area contributed by atoms with E-state index in [0.717, 1.165) is 5.69 Å². The van der Waals surface area contributed by atoms with Crippen molar-refractivity contribution in [2.75, 3.05) is 0 Å². The van der Waals surface area contributed by atoms with Crippen molar-refractivity contribution in [2.45, 2.75) is 0 Å². The summed E-state index contributed by atoms with van der Waals surface area (Å²) in [5.74, 6) is 0. The Balaban J connectivity index is 1.14. The summed E-state index contributed by atoms with van der Waals surface area (Å²) in [5.41, 5.74) is 14.6. The summed E-state index contributed by atoms with van der Waals surface area (Å²) >= 11 is 0. The van der Waals surface area contributed by atoms with Crippen molar-refractivity contribution in [3.8, 4) is 66.9 Å². The first-order chi connectivity index (χ1) is 21.8. The molecule has 1 aliphatic rings. The molecule has 44 heavy (non-hydrogen) atoms. The van der Waals surface area contributed by atoms with E-state index < -0.39 is 0 Å². The second kappa shape index (κ2) is 9.90. The van der Waals surface area contributed by atoms with Crippen LogP contribution < -0.4 is 0 Å². The third-order valence-electron chi connectivity index (χ3n) is 9.07. The summed E-state index contributed by atoms with van der Waals surface area (Å²) in [4.78, 5) is 4.75. The molecular formula is C43H27N. The Morgan fingerprint density at radius 2 is 0.955 bits per heavy atom. The molecule has 1 aliphatic carbocycles. The van der Waals surface area contributed by atoms with E-state index in [1.165, 1.54) is 82.7 Å². The molecule has 1 aromatic heterocycles. The van der Waals surface area contributed by atoms with Crippen LogP contribution in [0.25, 0.3) is 88.4 Å². The van der Waals surface area contributed by atoms with Crippen molar-refractivity contribution in [3.05, 3.63) is 164 Å². The van der Waals surface area contributed by atoms with Gasteiger partial charge in [0.15, 0.2) is 0 Å². The fraction of sp³-hybridized carbons (Fsp3) is 0. The summed E-state index contributed by atoms with van der Waals surface area (Å²) in [7, 11) is 0. The highest BCUT2D eigenvalue weighted by Gasteiger charge is 2.23. The zero-order valence-electron chi connectivity index (χ0n) is 24.0. The van der Waals surface area contributed by atoms with Crippen LogP contribution >= 0.6 is 0 Å². The first kappa shape index (κ1) is 24.8. The molecular weight excluding hydrogens is 530 g/mol. The first-order valence-corrected chi connectivity index (χ1v) is 15.1. The Kier molecular flexibility index (Phi) is 5.57. The van der Waals surface area contributed by atoms with Gasteiger partial charge in [0.2, 0.25) is 0 Å². The zero-order valence-corrected chi connectivity index (χ0v) is 24.0. The summed E-state index contributed by atoms with van der Waals surface area (Å²) in [6.07, 6.45) is 1.90. The fourth-order valence-electron chi connectivity index (χ4n) is 6.94. The van der Waals surface area contributed by atoms with Gasteiger partial charge in [-0.25, -0.2) is 0 Å². The largest absolute Gasteiger partial charge is 0.256 e. The molecule has 9 rings (SSSR count). The van der Waals surface area contributed by atoms with Crippen molar-refractivity contribution >= 4 is 21.5 Å². The van der Waals surface area contributed by atoms with E-state index in [1.54, 1.807) is 0 Å². The number of pyridine rings is 1. The molecule has 7 aromatic carbocycles. The Labute approximate surface area is 256 Å². The summed E-state index contributed by atoms with van der Waals surface area (Å²) in [6, 6.07) is 57.3. The van der Waals surface area contributed by atoms with Crippen molar-refractivity contribution < 1.29 is 0 Å². The minimum absolute atomic E-state index is 1.09. The molecule has 0 bridgehead atoms. The van der Waals surface area contributed by atoms with E-state index in [4.69, 9.17) is 4.98 Å².